The summed E-state index contributed by atoms with van der Waals surface area (Å²) in [5.41, 5.74) is 0. The van der Waals surface area contributed by atoms with E-state index in [0.717, 1.165) is 12.8 Å². The van der Waals surface area contributed by atoms with Gasteiger partial charge in [-0.2, -0.15) is 0 Å². The van der Waals surface area contributed by atoms with Crippen LogP contribution in [0.1, 0.15) is 77.6 Å². The van der Waals surface area contributed by atoms with Crippen LogP contribution in [-0.2, 0) is 4.74 Å². The van der Waals surface area contributed by atoms with Crippen molar-refractivity contribution >= 4 is 0 Å². The van der Waals surface area contributed by atoms with Crippen LogP contribution in [0.25, 0.3) is 0 Å². The second-order valence-corrected chi connectivity index (χ2v) is 4.73. The summed E-state index contributed by atoms with van der Waals surface area (Å²) in [6.45, 7) is 5.67. The molecule has 0 saturated carbocycles. The van der Waals surface area contributed by atoms with Gasteiger partial charge >= 0.3 is 0 Å². The maximum Gasteiger partial charge on any atom is 0.196 e. The fourth-order valence-electron chi connectivity index (χ4n) is 1.99. The molecular weight excluding hydrogens is 212 g/mol. The summed E-state index contributed by atoms with van der Waals surface area (Å²) in [7, 11) is 0. The molecule has 0 aliphatic carbocycles. The predicted molar refractivity (Wildman–Crippen MR) is 73.7 cm³/mol. The molecule has 2 heteroatoms. The first-order valence-electron chi connectivity index (χ1n) is 7.25. The molecule has 0 heterocycles. The number of hydrogen-bond donors (Lipinski definition) is 1. The largest absolute Gasteiger partial charge is 0.473 e. The van der Waals surface area contributed by atoms with Gasteiger partial charge in [-0.05, 0) is 6.42 Å². The molecule has 17 heavy (non-hydrogen) atoms. The van der Waals surface area contributed by atoms with E-state index in [0.29, 0.717) is 0 Å². The Balaban J connectivity index is 3.00. The number of rotatable bonds is 13. The summed E-state index contributed by atoms with van der Waals surface area (Å²) in [6.07, 6.45) is 14.5. The van der Waals surface area contributed by atoms with Crippen LogP contribution in [0.3, 0.4) is 0 Å². The molecule has 0 aliphatic heterocycles. The minimum atomic E-state index is -0.651. The van der Waals surface area contributed by atoms with E-state index >= 15 is 0 Å². The van der Waals surface area contributed by atoms with Gasteiger partial charge in [-0.25, -0.2) is 0 Å². The molecule has 0 fully saturated rings. The lowest BCUT2D eigenvalue weighted by atomic mass is 10.1. The lowest BCUT2D eigenvalue weighted by molar-refractivity contribution is -0.0569. The monoisotopic (exact) mass is 242 g/mol. The summed E-state index contributed by atoms with van der Waals surface area (Å²) in [6, 6.07) is 0. The highest BCUT2D eigenvalue weighted by molar-refractivity contribution is 4.53. The van der Waals surface area contributed by atoms with Gasteiger partial charge in [0.05, 0.1) is 6.26 Å². The Bertz CT molecular complexity index is 157. The minimum Gasteiger partial charge on any atom is -0.473 e. The van der Waals surface area contributed by atoms with Gasteiger partial charge in [0.2, 0.25) is 0 Å². The van der Waals surface area contributed by atoms with Gasteiger partial charge in [0.1, 0.15) is 0 Å². The first kappa shape index (κ1) is 16.5. The Morgan fingerprint density at radius 2 is 1.41 bits per heavy atom. The fraction of sp³-hybridized carbons (Fsp3) is 0.867. The topological polar surface area (TPSA) is 29.5 Å². The maximum atomic E-state index is 9.28. The minimum absolute atomic E-state index is 0.651. The van der Waals surface area contributed by atoms with Crippen molar-refractivity contribution in [2.24, 2.45) is 0 Å². The van der Waals surface area contributed by atoms with Crippen molar-refractivity contribution in [3.8, 4) is 0 Å². The summed E-state index contributed by atoms with van der Waals surface area (Å²) in [5.74, 6) is 0. The van der Waals surface area contributed by atoms with Crippen LogP contribution < -0.4 is 0 Å². The molecule has 102 valence electrons. The number of unbranched alkanes of at least 4 members (excludes halogenated alkanes) is 9. The van der Waals surface area contributed by atoms with E-state index in [-0.39, 0.29) is 0 Å². The van der Waals surface area contributed by atoms with E-state index in [4.69, 9.17) is 4.74 Å². The molecule has 0 radical (unpaired) electrons. The fourth-order valence-corrected chi connectivity index (χ4v) is 1.99. The third-order valence-electron chi connectivity index (χ3n) is 3.06. The zero-order valence-corrected chi connectivity index (χ0v) is 11.5. The second kappa shape index (κ2) is 13.6. The first-order valence-corrected chi connectivity index (χ1v) is 7.25. The van der Waals surface area contributed by atoms with Gasteiger partial charge < -0.3 is 9.84 Å². The van der Waals surface area contributed by atoms with Crippen molar-refractivity contribution < 1.29 is 9.84 Å². The van der Waals surface area contributed by atoms with E-state index in [2.05, 4.69) is 13.5 Å². The molecule has 0 saturated heterocycles. The van der Waals surface area contributed by atoms with Crippen molar-refractivity contribution in [1.82, 2.24) is 0 Å². The summed E-state index contributed by atoms with van der Waals surface area (Å²) >= 11 is 0. The summed E-state index contributed by atoms with van der Waals surface area (Å²) in [4.78, 5) is 0. The van der Waals surface area contributed by atoms with Crippen molar-refractivity contribution in [2.45, 2.75) is 83.8 Å². The molecule has 1 N–H and O–H groups in total. The van der Waals surface area contributed by atoms with Crippen molar-refractivity contribution in [1.29, 1.82) is 0 Å². The Morgan fingerprint density at radius 3 is 1.88 bits per heavy atom. The van der Waals surface area contributed by atoms with Crippen LogP contribution >= 0.6 is 0 Å². The third-order valence-corrected chi connectivity index (χ3v) is 3.06. The normalized spacial score (nSPS) is 12.4. The van der Waals surface area contributed by atoms with Crippen molar-refractivity contribution in [3.05, 3.63) is 12.8 Å². The second-order valence-electron chi connectivity index (χ2n) is 4.73. The Morgan fingerprint density at radius 1 is 0.941 bits per heavy atom. The number of ether oxygens (including phenoxy) is 1. The Hall–Kier alpha value is -0.500. The molecular formula is C15H30O2. The zero-order valence-electron chi connectivity index (χ0n) is 11.5. The molecule has 2 nitrogen and oxygen atoms in total. The SMILES string of the molecule is C=COC(O)CCCCCCCCCCCC. The standard InChI is InChI=1S/C15H30O2/c1-3-5-6-7-8-9-10-11-12-13-14-15(16)17-4-2/h4,15-16H,2-3,5-14H2,1H3. The molecule has 0 aromatic carbocycles. The van der Waals surface area contributed by atoms with Crippen LogP contribution in [0.5, 0.6) is 0 Å². The molecule has 0 spiro atoms. The van der Waals surface area contributed by atoms with Crippen molar-refractivity contribution in [3.63, 3.8) is 0 Å². The van der Waals surface area contributed by atoms with E-state index in [1.54, 1.807) is 0 Å². The molecule has 0 aromatic heterocycles. The quantitative estimate of drug-likeness (QED) is 0.286. The third kappa shape index (κ3) is 13.4. The van der Waals surface area contributed by atoms with Gasteiger partial charge in [0.15, 0.2) is 6.29 Å². The lowest BCUT2D eigenvalue weighted by Crippen LogP contribution is -2.07. The Kier molecular flexibility index (Phi) is 13.2. The number of aliphatic hydroxyl groups excluding tert-OH is 1. The Labute approximate surface area is 107 Å². The van der Waals surface area contributed by atoms with Gasteiger partial charge in [-0.3, -0.25) is 0 Å². The first-order chi connectivity index (χ1) is 8.31. The molecule has 0 amide bonds. The average molecular weight is 242 g/mol. The summed E-state index contributed by atoms with van der Waals surface area (Å²) in [5, 5.41) is 9.28. The molecule has 0 aliphatic rings. The van der Waals surface area contributed by atoms with Gasteiger partial charge in [0.25, 0.3) is 0 Å². The molecule has 1 atom stereocenters. The highest BCUT2D eigenvalue weighted by Crippen LogP contribution is 2.12. The van der Waals surface area contributed by atoms with Crippen LogP contribution in [0.4, 0.5) is 0 Å². The van der Waals surface area contributed by atoms with Gasteiger partial charge in [-0.15, -0.1) is 0 Å². The van der Waals surface area contributed by atoms with Gasteiger partial charge in [-0.1, -0.05) is 71.3 Å². The molecule has 0 rings (SSSR count). The maximum absolute atomic E-state index is 9.28. The number of hydrogen-bond acceptors (Lipinski definition) is 2. The van der Waals surface area contributed by atoms with Gasteiger partial charge in [0, 0.05) is 6.42 Å². The molecule has 0 bridgehead atoms. The highest BCUT2D eigenvalue weighted by Gasteiger charge is 2.01. The van der Waals surface area contributed by atoms with Crippen LogP contribution in [0.2, 0.25) is 0 Å². The van der Waals surface area contributed by atoms with Crippen LogP contribution in [0.15, 0.2) is 12.8 Å². The van der Waals surface area contributed by atoms with E-state index in [9.17, 15) is 5.11 Å². The lowest BCUT2D eigenvalue weighted by Gasteiger charge is -2.09. The van der Waals surface area contributed by atoms with Crippen LogP contribution in [-0.4, -0.2) is 11.4 Å². The zero-order chi connectivity index (χ0) is 12.8. The summed E-state index contributed by atoms with van der Waals surface area (Å²) < 4.78 is 4.84. The molecule has 0 aromatic rings. The van der Waals surface area contributed by atoms with Crippen LogP contribution in [0, 0.1) is 0 Å². The average Bonchev–Trinajstić information content (AvgIpc) is 2.32. The predicted octanol–water partition coefficient (Wildman–Crippen LogP) is 4.78. The smallest absolute Gasteiger partial charge is 0.196 e. The van der Waals surface area contributed by atoms with E-state index < -0.39 is 6.29 Å². The highest BCUT2D eigenvalue weighted by atomic mass is 16.6. The number of aliphatic hydroxyl groups is 1. The molecule has 1 unspecified atom stereocenters. The van der Waals surface area contributed by atoms with Crippen molar-refractivity contribution in [2.75, 3.05) is 0 Å². The van der Waals surface area contributed by atoms with E-state index in [1.165, 1.54) is 64.0 Å². The van der Waals surface area contributed by atoms with E-state index in [1.807, 2.05) is 0 Å².